The zero-order chi connectivity index (χ0) is 10.1. The van der Waals surface area contributed by atoms with E-state index < -0.39 is 0 Å². The summed E-state index contributed by atoms with van der Waals surface area (Å²) in [5, 5.41) is 21.2. The standard InChI is InChI=1S/C11H15NO2.BrH/c1-12-8-3-4-9-7(6-8)2-5-10(13)11(9)14;/h2,5,8,12-14H,3-4,6H2,1H3;1H. The second kappa shape index (κ2) is 4.86. The molecule has 0 fully saturated rings. The highest BCUT2D eigenvalue weighted by atomic mass is 79.9. The largest absolute Gasteiger partial charge is 1.00 e. The van der Waals surface area contributed by atoms with Gasteiger partial charge in [0.05, 0.1) is 13.1 Å². The number of aromatic hydroxyl groups is 2. The van der Waals surface area contributed by atoms with Gasteiger partial charge in [0, 0.05) is 18.4 Å². The number of hydrogen-bond donors (Lipinski definition) is 3. The monoisotopic (exact) mass is 273 g/mol. The van der Waals surface area contributed by atoms with Crippen LogP contribution >= 0.6 is 0 Å². The van der Waals surface area contributed by atoms with Gasteiger partial charge in [-0.3, -0.25) is 0 Å². The summed E-state index contributed by atoms with van der Waals surface area (Å²) in [7, 11) is 2.08. The lowest BCUT2D eigenvalue weighted by molar-refractivity contribution is -0.664. The predicted molar refractivity (Wildman–Crippen MR) is 53.4 cm³/mol. The zero-order valence-electron chi connectivity index (χ0n) is 8.70. The number of halogens is 1. The Morgan fingerprint density at radius 2 is 2.07 bits per heavy atom. The van der Waals surface area contributed by atoms with Gasteiger partial charge in [-0.2, -0.15) is 0 Å². The molecule has 0 radical (unpaired) electrons. The molecular weight excluding hydrogens is 258 g/mol. The predicted octanol–water partition coefficient (Wildman–Crippen LogP) is -2.85. The Balaban J connectivity index is 0.00000112. The molecule has 15 heavy (non-hydrogen) atoms. The number of quaternary nitrogens is 1. The number of likely N-dealkylation sites (N-methyl/N-ethyl adjacent to an activating group) is 1. The number of phenols is 2. The summed E-state index contributed by atoms with van der Waals surface area (Å²) in [6.45, 7) is 0. The van der Waals surface area contributed by atoms with E-state index in [2.05, 4.69) is 12.4 Å². The van der Waals surface area contributed by atoms with Gasteiger partial charge in [-0.1, -0.05) is 6.07 Å². The van der Waals surface area contributed by atoms with Crippen molar-refractivity contribution in [2.75, 3.05) is 7.05 Å². The smallest absolute Gasteiger partial charge is 0.160 e. The molecule has 0 spiro atoms. The molecule has 2 rings (SSSR count). The Labute approximate surface area is 99.9 Å². The van der Waals surface area contributed by atoms with Crippen LogP contribution in [0.2, 0.25) is 0 Å². The van der Waals surface area contributed by atoms with Gasteiger partial charge in [0.2, 0.25) is 0 Å². The lowest BCUT2D eigenvalue weighted by Crippen LogP contribution is -3.00. The number of fused-ring (bicyclic) bond motifs is 1. The van der Waals surface area contributed by atoms with Crippen molar-refractivity contribution >= 4 is 0 Å². The summed E-state index contributed by atoms with van der Waals surface area (Å²) in [4.78, 5) is 0. The minimum Gasteiger partial charge on any atom is -1.00 e. The first kappa shape index (κ1) is 12.3. The molecule has 1 unspecified atom stereocenters. The van der Waals surface area contributed by atoms with Crippen LogP contribution in [0, 0.1) is 0 Å². The summed E-state index contributed by atoms with van der Waals surface area (Å²) in [5.74, 6) is 0.0831. The quantitative estimate of drug-likeness (QED) is 0.483. The number of hydrogen-bond acceptors (Lipinski definition) is 2. The second-order valence-corrected chi connectivity index (χ2v) is 3.91. The second-order valence-electron chi connectivity index (χ2n) is 3.91. The third-order valence-electron chi connectivity index (χ3n) is 3.08. The maximum atomic E-state index is 9.64. The number of nitrogens with two attached hydrogens (primary N) is 1. The lowest BCUT2D eigenvalue weighted by atomic mass is 9.87. The molecule has 1 aliphatic rings. The molecule has 1 atom stereocenters. The fourth-order valence-corrected chi connectivity index (χ4v) is 2.13. The topological polar surface area (TPSA) is 57.1 Å². The van der Waals surface area contributed by atoms with E-state index in [9.17, 15) is 10.2 Å². The highest BCUT2D eigenvalue weighted by Crippen LogP contribution is 2.35. The van der Waals surface area contributed by atoms with Crippen LogP contribution in [0.15, 0.2) is 12.1 Å². The van der Waals surface area contributed by atoms with E-state index in [0.29, 0.717) is 6.04 Å². The maximum absolute atomic E-state index is 9.64. The van der Waals surface area contributed by atoms with E-state index in [4.69, 9.17) is 0 Å². The van der Waals surface area contributed by atoms with Crippen molar-refractivity contribution in [1.82, 2.24) is 0 Å². The van der Waals surface area contributed by atoms with Gasteiger partial charge in [-0.25, -0.2) is 0 Å². The maximum Gasteiger partial charge on any atom is 0.160 e. The van der Waals surface area contributed by atoms with Crippen molar-refractivity contribution in [3.63, 3.8) is 0 Å². The van der Waals surface area contributed by atoms with Crippen LogP contribution in [-0.4, -0.2) is 23.3 Å². The van der Waals surface area contributed by atoms with Gasteiger partial charge < -0.3 is 32.5 Å². The molecule has 0 saturated heterocycles. The van der Waals surface area contributed by atoms with Crippen LogP contribution in [0.25, 0.3) is 0 Å². The molecule has 1 aromatic carbocycles. The van der Waals surface area contributed by atoms with Gasteiger partial charge >= 0.3 is 0 Å². The van der Waals surface area contributed by atoms with E-state index in [1.807, 2.05) is 6.07 Å². The molecule has 0 aromatic heterocycles. The Morgan fingerprint density at radius 3 is 2.73 bits per heavy atom. The van der Waals surface area contributed by atoms with Crippen molar-refractivity contribution in [1.29, 1.82) is 0 Å². The van der Waals surface area contributed by atoms with Crippen LogP contribution in [0.4, 0.5) is 0 Å². The molecule has 3 nitrogen and oxygen atoms in total. The average Bonchev–Trinajstić information content (AvgIpc) is 2.23. The first-order valence-corrected chi connectivity index (χ1v) is 5.04. The fourth-order valence-electron chi connectivity index (χ4n) is 2.13. The van der Waals surface area contributed by atoms with Gasteiger partial charge in [0.15, 0.2) is 11.5 Å². The van der Waals surface area contributed by atoms with Crippen LogP contribution in [0.3, 0.4) is 0 Å². The van der Waals surface area contributed by atoms with Crippen LogP contribution in [0.1, 0.15) is 17.5 Å². The molecule has 1 aromatic rings. The van der Waals surface area contributed by atoms with Crippen molar-refractivity contribution in [3.05, 3.63) is 23.3 Å². The van der Waals surface area contributed by atoms with Gasteiger partial charge in [0.1, 0.15) is 0 Å². The van der Waals surface area contributed by atoms with Gasteiger partial charge in [-0.05, 0) is 18.1 Å². The Bertz CT molecular complexity index is 355. The SMILES string of the molecule is C[NH2+]C1CCc2c(ccc(O)c2O)C1.[Br-]. The minimum absolute atomic E-state index is 0. The fraction of sp³-hybridized carbons (Fsp3) is 0.455. The third-order valence-corrected chi connectivity index (χ3v) is 3.08. The lowest BCUT2D eigenvalue weighted by Gasteiger charge is -2.22. The first-order chi connectivity index (χ1) is 6.72. The normalized spacial score (nSPS) is 19.1. The number of phenolic OH excluding ortho intramolecular Hbond substituents is 2. The third kappa shape index (κ3) is 2.26. The van der Waals surface area contributed by atoms with E-state index in [0.717, 1.165) is 24.8 Å². The Hall–Kier alpha value is -0.740. The summed E-state index contributed by atoms with van der Waals surface area (Å²) in [5.41, 5.74) is 2.11. The summed E-state index contributed by atoms with van der Waals surface area (Å²) in [6, 6.07) is 4.11. The molecule has 4 heteroatoms. The Kier molecular flexibility index (Phi) is 3.99. The molecule has 84 valence electrons. The number of benzene rings is 1. The Morgan fingerprint density at radius 1 is 1.33 bits per heavy atom. The van der Waals surface area contributed by atoms with Gasteiger partial charge in [-0.15, -0.1) is 0 Å². The summed E-state index contributed by atoms with van der Waals surface area (Å²) >= 11 is 0. The molecule has 0 heterocycles. The highest BCUT2D eigenvalue weighted by molar-refractivity contribution is 5.50. The average molecular weight is 274 g/mol. The highest BCUT2D eigenvalue weighted by Gasteiger charge is 2.23. The molecule has 0 saturated carbocycles. The summed E-state index contributed by atoms with van der Waals surface area (Å²) in [6.07, 6.45) is 2.92. The van der Waals surface area contributed by atoms with Crippen molar-refractivity contribution in [2.45, 2.75) is 25.3 Å². The zero-order valence-corrected chi connectivity index (χ0v) is 10.3. The van der Waals surface area contributed by atoms with E-state index >= 15 is 0 Å². The molecule has 1 aliphatic carbocycles. The number of rotatable bonds is 1. The van der Waals surface area contributed by atoms with Crippen molar-refractivity contribution in [2.24, 2.45) is 0 Å². The molecular formula is C11H16BrNO2. The van der Waals surface area contributed by atoms with E-state index in [1.165, 1.54) is 5.56 Å². The molecule has 0 bridgehead atoms. The van der Waals surface area contributed by atoms with Crippen molar-refractivity contribution in [3.8, 4) is 11.5 Å². The molecule has 0 aliphatic heterocycles. The van der Waals surface area contributed by atoms with E-state index in [-0.39, 0.29) is 28.5 Å². The van der Waals surface area contributed by atoms with Crippen molar-refractivity contribution < 1.29 is 32.5 Å². The summed E-state index contributed by atoms with van der Waals surface area (Å²) < 4.78 is 0. The van der Waals surface area contributed by atoms with Crippen LogP contribution < -0.4 is 22.3 Å². The van der Waals surface area contributed by atoms with Crippen LogP contribution in [0.5, 0.6) is 11.5 Å². The molecule has 0 amide bonds. The first-order valence-electron chi connectivity index (χ1n) is 5.04. The molecule has 4 N–H and O–H groups in total. The van der Waals surface area contributed by atoms with Gasteiger partial charge in [0.25, 0.3) is 0 Å². The van der Waals surface area contributed by atoms with E-state index in [1.54, 1.807) is 6.07 Å². The minimum atomic E-state index is 0. The van der Waals surface area contributed by atoms with Crippen LogP contribution in [-0.2, 0) is 12.8 Å².